The number of benzene rings is 2. The molecule has 3 rings (SSSR count). The van der Waals surface area contributed by atoms with Gasteiger partial charge in [-0.2, -0.15) is 13.2 Å². The van der Waals surface area contributed by atoms with Gasteiger partial charge >= 0.3 is 11.9 Å². The summed E-state index contributed by atoms with van der Waals surface area (Å²) >= 11 is 0. The highest BCUT2D eigenvalue weighted by Crippen LogP contribution is 2.38. The maximum absolute atomic E-state index is 13.0. The van der Waals surface area contributed by atoms with Gasteiger partial charge in [-0.3, -0.25) is 19.8 Å². The first-order valence-corrected chi connectivity index (χ1v) is 10.2. The van der Waals surface area contributed by atoms with Crippen LogP contribution in [-0.2, 0) is 6.18 Å². The molecule has 8 nitrogen and oxygen atoms in total. The summed E-state index contributed by atoms with van der Waals surface area (Å²) in [4.78, 5) is 27.3. The van der Waals surface area contributed by atoms with Crippen LogP contribution in [0.5, 0.6) is 11.5 Å². The third-order valence-corrected chi connectivity index (χ3v) is 5.54. The van der Waals surface area contributed by atoms with Crippen LogP contribution in [0.25, 0.3) is 0 Å². The van der Waals surface area contributed by atoms with Crippen LogP contribution < -0.4 is 14.4 Å². The first-order valence-electron chi connectivity index (χ1n) is 10.2. The number of piperazine rings is 1. The predicted octanol–water partition coefficient (Wildman–Crippen LogP) is 4.87. The lowest BCUT2D eigenvalue weighted by molar-refractivity contribution is -0.385. The van der Waals surface area contributed by atoms with Gasteiger partial charge in [-0.05, 0) is 24.3 Å². The van der Waals surface area contributed by atoms with Crippen LogP contribution in [0.4, 0.5) is 24.5 Å². The Morgan fingerprint density at radius 2 is 1.71 bits per heavy atom. The number of nitro groups is 1. The van der Waals surface area contributed by atoms with Gasteiger partial charge in [0.25, 0.3) is 0 Å². The van der Waals surface area contributed by atoms with Gasteiger partial charge in [0, 0.05) is 56.5 Å². The van der Waals surface area contributed by atoms with E-state index in [4.69, 9.17) is 9.47 Å². The first-order chi connectivity index (χ1) is 15.6. The second-order valence-electron chi connectivity index (χ2n) is 7.54. The summed E-state index contributed by atoms with van der Waals surface area (Å²) in [7, 11) is 2.62. The Kier molecular flexibility index (Phi) is 11.1. The highest BCUT2D eigenvalue weighted by atomic mass is 35.5. The smallest absolute Gasteiger partial charge is 0.416 e. The van der Waals surface area contributed by atoms with Gasteiger partial charge in [-0.1, -0.05) is 6.07 Å². The summed E-state index contributed by atoms with van der Waals surface area (Å²) < 4.78 is 49.0. The number of ether oxygens (including phenoxy) is 2. The zero-order valence-corrected chi connectivity index (χ0v) is 20.7. The lowest BCUT2D eigenvalue weighted by atomic mass is 10.1. The first kappa shape index (κ1) is 30.3. The van der Waals surface area contributed by atoms with Gasteiger partial charge in [0.05, 0.1) is 24.7 Å². The molecule has 0 atom stereocenters. The van der Waals surface area contributed by atoms with E-state index in [1.165, 1.54) is 32.4 Å². The van der Waals surface area contributed by atoms with Crippen LogP contribution >= 0.6 is 24.8 Å². The molecule has 0 saturated carbocycles. The number of methoxy groups -OCH3 is 2. The largest absolute Gasteiger partial charge is 0.493 e. The standard InChI is InChI=1S/C22H24F3N3O5.2ClH/c1-32-20-13-15(12-18(28(30)31)21(20)33-2)19(29)6-7-26-8-10-27(11-9-26)17-5-3-4-16(14-17)22(23,24)25;;/h3-5,12-14H,6-11H2,1-2H3;2*1H. The van der Waals surface area contributed by atoms with Crippen LogP contribution in [0, 0.1) is 10.1 Å². The molecule has 0 spiro atoms. The van der Waals surface area contributed by atoms with Crippen LogP contribution in [0.15, 0.2) is 36.4 Å². The SMILES string of the molecule is COc1cc(C(=O)CCN2CCN(c3cccc(C(F)(F)F)c3)CC2)cc([N+](=O)[O-])c1OC.Cl.Cl. The van der Waals surface area contributed by atoms with Gasteiger partial charge in [-0.15, -0.1) is 24.8 Å². The third-order valence-electron chi connectivity index (χ3n) is 5.54. The Hall–Kier alpha value is -2.76. The number of hydrogen-bond acceptors (Lipinski definition) is 7. The van der Waals surface area contributed by atoms with E-state index in [1.807, 2.05) is 9.80 Å². The van der Waals surface area contributed by atoms with Gasteiger partial charge in [0.2, 0.25) is 5.75 Å². The molecular formula is C22H26Cl2F3N3O5. The van der Waals surface area contributed by atoms with Crippen LogP contribution in [-0.4, -0.2) is 62.5 Å². The number of alkyl halides is 3. The van der Waals surface area contributed by atoms with E-state index >= 15 is 0 Å². The van der Waals surface area contributed by atoms with Crippen molar-refractivity contribution in [1.29, 1.82) is 0 Å². The maximum atomic E-state index is 13.0. The molecule has 194 valence electrons. The van der Waals surface area contributed by atoms with Crippen LogP contribution in [0.3, 0.4) is 0 Å². The molecule has 35 heavy (non-hydrogen) atoms. The van der Waals surface area contributed by atoms with Gasteiger partial charge < -0.3 is 14.4 Å². The molecule has 0 aromatic heterocycles. The molecule has 0 unspecified atom stereocenters. The van der Waals surface area contributed by atoms with Crippen molar-refractivity contribution in [2.75, 3.05) is 51.8 Å². The minimum absolute atomic E-state index is 0. The van der Waals surface area contributed by atoms with Crippen molar-refractivity contribution in [3.8, 4) is 11.5 Å². The Labute approximate surface area is 212 Å². The molecule has 1 saturated heterocycles. The molecule has 1 fully saturated rings. The predicted molar refractivity (Wildman–Crippen MR) is 130 cm³/mol. The molecule has 0 N–H and O–H groups in total. The van der Waals surface area contributed by atoms with Crippen molar-refractivity contribution in [2.45, 2.75) is 12.6 Å². The molecular weight excluding hydrogens is 514 g/mol. The Balaban J connectivity index is 0.00000306. The summed E-state index contributed by atoms with van der Waals surface area (Å²) in [5, 5.41) is 11.3. The summed E-state index contributed by atoms with van der Waals surface area (Å²) in [6.07, 6.45) is -4.26. The van der Waals surface area contributed by atoms with E-state index in [0.717, 1.165) is 12.1 Å². The second-order valence-corrected chi connectivity index (χ2v) is 7.54. The number of carbonyl (C=O) groups excluding carboxylic acids is 1. The van der Waals surface area contributed by atoms with Gasteiger partial charge in [-0.25, -0.2) is 0 Å². The van der Waals surface area contributed by atoms with E-state index in [2.05, 4.69) is 0 Å². The summed E-state index contributed by atoms with van der Waals surface area (Å²) in [5.74, 6) is -0.228. The minimum Gasteiger partial charge on any atom is -0.493 e. The number of rotatable bonds is 8. The van der Waals surface area contributed by atoms with E-state index in [0.29, 0.717) is 38.4 Å². The number of halogens is 5. The lowest BCUT2D eigenvalue weighted by Gasteiger charge is -2.36. The molecule has 1 heterocycles. The Bertz CT molecular complexity index is 1030. The number of ketones is 1. The van der Waals surface area contributed by atoms with Crippen molar-refractivity contribution in [1.82, 2.24) is 4.90 Å². The van der Waals surface area contributed by atoms with Crippen LogP contribution in [0.2, 0.25) is 0 Å². The fourth-order valence-electron chi connectivity index (χ4n) is 3.75. The Morgan fingerprint density at radius 3 is 2.26 bits per heavy atom. The number of carbonyl (C=O) groups is 1. The fraction of sp³-hybridized carbons (Fsp3) is 0.409. The molecule has 0 radical (unpaired) electrons. The quantitative estimate of drug-likeness (QED) is 0.268. The molecule has 1 aliphatic heterocycles. The summed E-state index contributed by atoms with van der Waals surface area (Å²) in [6.45, 7) is 2.64. The number of nitrogens with zero attached hydrogens (tertiary/aromatic N) is 3. The van der Waals surface area contributed by atoms with Crippen LogP contribution in [0.1, 0.15) is 22.3 Å². The third kappa shape index (κ3) is 7.36. The van der Waals surface area contributed by atoms with Crippen molar-refractivity contribution in [2.24, 2.45) is 0 Å². The minimum atomic E-state index is -4.39. The van der Waals surface area contributed by atoms with Crippen molar-refractivity contribution in [3.05, 3.63) is 57.6 Å². The van der Waals surface area contributed by atoms with Crippen molar-refractivity contribution < 1.29 is 32.4 Å². The molecule has 1 aliphatic rings. The maximum Gasteiger partial charge on any atom is 0.416 e. The molecule has 2 aromatic carbocycles. The topological polar surface area (TPSA) is 85.2 Å². The van der Waals surface area contributed by atoms with E-state index in [-0.39, 0.29) is 59.8 Å². The van der Waals surface area contributed by atoms with Gasteiger partial charge in [0.1, 0.15) is 0 Å². The zero-order chi connectivity index (χ0) is 24.2. The average Bonchev–Trinajstić information content (AvgIpc) is 2.81. The summed E-state index contributed by atoms with van der Waals surface area (Å²) in [5.41, 5.74) is -0.368. The lowest BCUT2D eigenvalue weighted by Crippen LogP contribution is -2.47. The van der Waals surface area contributed by atoms with E-state index in [9.17, 15) is 28.1 Å². The number of Topliss-reactive ketones (excluding diaryl/α,β-unsaturated/α-hetero) is 1. The fourth-order valence-corrected chi connectivity index (χ4v) is 3.75. The number of anilines is 1. The molecule has 0 amide bonds. The molecule has 0 aliphatic carbocycles. The monoisotopic (exact) mass is 539 g/mol. The molecule has 2 aromatic rings. The second kappa shape index (κ2) is 12.8. The molecule has 13 heteroatoms. The highest BCUT2D eigenvalue weighted by Gasteiger charge is 2.31. The van der Waals surface area contributed by atoms with Gasteiger partial charge in [0.15, 0.2) is 11.5 Å². The van der Waals surface area contributed by atoms with E-state index in [1.54, 1.807) is 6.07 Å². The average molecular weight is 540 g/mol. The normalized spacial score (nSPS) is 13.9. The van der Waals surface area contributed by atoms with Crippen molar-refractivity contribution in [3.63, 3.8) is 0 Å². The van der Waals surface area contributed by atoms with Crippen molar-refractivity contribution >= 4 is 42.0 Å². The highest BCUT2D eigenvalue weighted by molar-refractivity contribution is 5.97. The van der Waals surface area contributed by atoms with E-state index < -0.39 is 16.7 Å². The summed E-state index contributed by atoms with van der Waals surface area (Å²) in [6, 6.07) is 7.83. The molecule has 0 bridgehead atoms. The zero-order valence-electron chi connectivity index (χ0n) is 19.0. The Morgan fingerprint density at radius 1 is 1.06 bits per heavy atom. The number of nitro benzene ring substituents is 1. The number of hydrogen-bond donors (Lipinski definition) is 0.